The Morgan fingerprint density at radius 3 is 2.55 bits per heavy atom. The molecule has 2 fully saturated rings. The Labute approximate surface area is 138 Å². The number of hydrogen-bond donors (Lipinski definition) is 1. The second-order valence-corrected chi connectivity index (χ2v) is 7.14. The minimum Gasteiger partial charge on any atom is -0.352 e. The van der Waals surface area contributed by atoms with Gasteiger partial charge < -0.3 is 5.32 Å². The molecule has 0 radical (unpaired) electrons. The lowest BCUT2D eigenvalue weighted by molar-refractivity contribution is -0.123. The van der Waals surface area contributed by atoms with Gasteiger partial charge in [0.1, 0.15) is 0 Å². The summed E-state index contributed by atoms with van der Waals surface area (Å²) >= 11 is 6.03. The molecular formula is C18H25ClN2O. The van der Waals surface area contributed by atoms with Crippen molar-refractivity contribution in [2.24, 2.45) is 11.8 Å². The lowest BCUT2D eigenvalue weighted by Crippen LogP contribution is -2.43. The SMILES string of the molecule is CCN(CC(=O)NC(C1CC1)C1CC1)Cc1cccc(Cl)c1. The van der Waals surface area contributed by atoms with Crippen molar-refractivity contribution in [2.45, 2.75) is 45.2 Å². The Bertz CT molecular complexity index is 514. The van der Waals surface area contributed by atoms with E-state index in [0.29, 0.717) is 12.6 Å². The maximum Gasteiger partial charge on any atom is 0.234 e. The van der Waals surface area contributed by atoms with Gasteiger partial charge in [-0.25, -0.2) is 0 Å². The number of nitrogens with one attached hydrogen (secondary N) is 1. The number of carbonyl (C=O) groups excluding carboxylic acids is 1. The summed E-state index contributed by atoms with van der Waals surface area (Å²) < 4.78 is 0. The number of carbonyl (C=O) groups is 1. The van der Waals surface area contributed by atoms with Crippen molar-refractivity contribution < 1.29 is 4.79 Å². The standard InChI is InChI=1S/C18H25ClN2O/c1-2-21(11-13-4-3-5-16(19)10-13)12-17(22)20-18(14-6-7-14)15-8-9-15/h3-5,10,14-15,18H,2,6-9,11-12H2,1H3,(H,20,22). The average molecular weight is 321 g/mol. The third-order valence-corrected chi connectivity index (χ3v) is 4.93. The van der Waals surface area contributed by atoms with E-state index in [1.807, 2.05) is 18.2 Å². The summed E-state index contributed by atoms with van der Waals surface area (Å²) in [7, 11) is 0. The Balaban J connectivity index is 1.51. The first-order valence-electron chi connectivity index (χ1n) is 8.42. The van der Waals surface area contributed by atoms with Crippen LogP contribution in [0, 0.1) is 11.8 Å². The Kier molecular flexibility index (Phi) is 5.04. The highest BCUT2D eigenvalue weighted by molar-refractivity contribution is 6.30. The second-order valence-electron chi connectivity index (χ2n) is 6.70. The molecule has 0 aliphatic heterocycles. The largest absolute Gasteiger partial charge is 0.352 e. The van der Waals surface area contributed by atoms with Crippen molar-refractivity contribution in [1.82, 2.24) is 10.2 Å². The summed E-state index contributed by atoms with van der Waals surface area (Å²) in [6.45, 7) is 4.19. The molecule has 0 heterocycles. The number of amides is 1. The molecule has 0 atom stereocenters. The zero-order chi connectivity index (χ0) is 15.5. The van der Waals surface area contributed by atoms with Gasteiger partial charge in [0.05, 0.1) is 6.54 Å². The quantitative estimate of drug-likeness (QED) is 0.795. The lowest BCUT2D eigenvalue weighted by atomic mass is 10.1. The molecule has 1 N–H and O–H groups in total. The van der Waals surface area contributed by atoms with Crippen LogP contribution in [0.1, 0.15) is 38.2 Å². The molecule has 2 saturated carbocycles. The van der Waals surface area contributed by atoms with E-state index in [-0.39, 0.29) is 5.91 Å². The fraction of sp³-hybridized carbons (Fsp3) is 0.611. The van der Waals surface area contributed by atoms with E-state index in [9.17, 15) is 4.79 Å². The molecule has 4 heteroatoms. The van der Waals surface area contributed by atoms with Crippen molar-refractivity contribution in [1.29, 1.82) is 0 Å². The van der Waals surface area contributed by atoms with Gasteiger partial charge in [-0.2, -0.15) is 0 Å². The van der Waals surface area contributed by atoms with Crippen LogP contribution in [0.5, 0.6) is 0 Å². The molecule has 1 aromatic carbocycles. The maximum atomic E-state index is 12.4. The zero-order valence-electron chi connectivity index (χ0n) is 13.2. The lowest BCUT2D eigenvalue weighted by Gasteiger charge is -2.23. The van der Waals surface area contributed by atoms with Gasteiger partial charge in [0.25, 0.3) is 0 Å². The van der Waals surface area contributed by atoms with Crippen molar-refractivity contribution in [2.75, 3.05) is 13.1 Å². The smallest absolute Gasteiger partial charge is 0.234 e. The minimum absolute atomic E-state index is 0.174. The highest BCUT2D eigenvalue weighted by Crippen LogP contribution is 2.44. The van der Waals surface area contributed by atoms with E-state index in [1.54, 1.807) is 0 Å². The molecular weight excluding hydrogens is 296 g/mol. The van der Waals surface area contributed by atoms with Crippen molar-refractivity contribution in [3.63, 3.8) is 0 Å². The van der Waals surface area contributed by atoms with Crippen molar-refractivity contribution in [3.05, 3.63) is 34.9 Å². The predicted molar refractivity (Wildman–Crippen MR) is 89.8 cm³/mol. The molecule has 1 amide bonds. The van der Waals surface area contributed by atoms with Gasteiger partial charge in [0.15, 0.2) is 0 Å². The number of benzene rings is 1. The van der Waals surface area contributed by atoms with Crippen LogP contribution in [0.4, 0.5) is 0 Å². The van der Waals surface area contributed by atoms with E-state index in [0.717, 1.165) is 35.5 Å². The molecule has 2 aliphatic carbocycles. The van der Waals surface area contributed by atoms with Crippen LogP contribution in [0.25, 0.3) is 0 Å². The van der Waals surface area contributed by atoms with E-state index in [2.05, 4.69) is 23.2 Å². The van der Waals surface area contributed by atoms with Crippen LogP contribution in [0.2, 0.25) is 5.02 Å². The number of halogens is 1. The zero-order valence-corrected chi connectivity index (χ0v) is 14.0. The van der Waals surface area contributed by atoms with Gasteiger partial charge in [0.2, 0.25) is 5.91 Å². The van der Waals surface area contributed by atoms with Gasteiger partial charge in [-0.3, -0.25) is 9.69 Å². The first kappa shape index (κ1) is 15.8. The molecule has 3 rings (SSSR count). The molecule has 2 aliphatic rings. The summed E-state index contributed by atoms with van der Waals surface area (Å²) in [5, 5.41) is 4.05. The summed E-state index contributed by atoms with van der Waals surface area (Å²) in [5.74, 6) is 1.67. The van der Waals surface area contributed by atoms with E-state index in [1.165, 1.54) is 25.7 Å². The average Bonchev–Trinajstić information content (AvgIpc) is 3.38. The normalized spacial score (nSPS) is 18.0. The molecule has 0 spiro atoms. The highest BCUT2D eigenvalue weighted by atomic mass is 35.5. The fourth-order valence-electron chi connectivity index (χ4n) is 3.14. The number of rotatable bonds is 8. The van der Waals surface area contributed by atoms with Crippen LogP contribution in [-0.4, -0.2) is 29.9 Å². The van der Waals surface area contributed by atoms with Crippen molar-refractivity contribution >= 4 is 17.5 Å². The third-order valence-electron chi connectivity index (χ3n) is 4.70. The van der Waals surface area contributed by atoms with Crippen LogP contribution in [-0.2, 0) is 11.3 Å². The van der Waals surface area contributed by atoms with Gasteiger partial charge in [0, 0.05) is 17.6 Å². The van der Waals surface area contributed by atoms with E-state index in [4.69, 9.17) is 11.6 Å². The molecule has 120 valence electrons. The maximum absolute atomic E-state index is 12.4. The van der Waals surface area contributed by atoms with Crippen LogP contribution < -0.4 is 5.32 Å². The van der Waals surface area contributed by atoms with Gasteiger partial charge in [-0.15, -0.1) is 0 Å². The minimum atomic E-state index is 0.174. The van der Waals surface area contributed by atoms with Crippen LogP contribution in [0.15, 0.2) is 24.3 Å². The number of hydrogen-bond acceptors (Lipinski definition) is 2. The topological polar surface area (TPSA) is 32.3 Å². The molecule has 22 heavy (non-hydrogen) atoms. The van der Waals surface area contributed by atoms with Crippen molar-refractivity contribution in [3.8, 4) is 0 Å². The fourth-order valence-corrected chi connectivity index (χ4v) is 3.35. The predicted octanol–water partition coefficient (Wildman–Crippen LogP) is 3.47. The summed E-state index contributed by atoms with van der Waals surface area (Å²) in [6, 6.07) is 8.31. The Morgan fingerprint density at radius 2 is 2.00 bits per heavy atom. The number of likely N-dealkylation sites (N-methyl/N-ethyl adjacent to an activating group) is 1. The van der Waals surface area contributed by atoms with Gasteiger partial charge in [-0.05, 0) is 61.8 Å². The monoisotopic (exact) mass is 320 g/mol. The first-order valence-corrected chi connectivity index (χ1v) is 8.79. The Morgan fingerprint density at radius 1 is 1.32 bits per heavy atom. The summed E-state index contributed by atoms with van der Waals surface area (Å²) in [4.78, 5) is 14.5. The van der Waals surface area contributed by atoms with Crippen LogP contribution >= 0.6 is 11.6 Å². The van der Waals surface area contributed by atoms with Gasteiger partial charge in [-0.1, -0.05) is 30.7 Å². The number of nitrogens with zero attached hydrogens (tertiary/aromatic N) is 1. The first-order chi connectivity index (χ1) is 10.7. The summed E-state index contributed by atoms with van der Waals surface area (Å²) in [5.41, 5.74) is 1.16. The molecule has 0 unspecified atom stereocenters. The van der Waals surface area contributed by atoms with Crippen LogP contribution in [0.3, 0.4) is 0 Å². The third kappa shape index (κ3) is 4.47. The molecule has 0 saturated heterocycles. The van der Waals surface area contributed by atoms with Gasteiger partial charge >= 0.3 is 0 Å². The Hall–Kier alpha value is -1.06. The molecule has 0 aromatic heterocycles. The highest BCUT2D eigenvalue weighted by Gasteiger charge is 2.42. The van der Waals surface area contributed by atoms with E-state index < -0.39 is 0 Å². The molecule has 1 aromatic rings. The summed E-state index contributed by atoms with van der Waals surface area (Å²) in [6.07, 6.45) is 5.17. The second kappa shape index (κ2) is 7.01. The molecule has 3 nitrogen and oxygen atoms in total. The van der Waals surface area contributed by atoms with E-state index >= 15 is 0 Å². The molecule has 0 bridgehead atoms.